The van der Waals surface area contributed by atoms with Crippen LogP contribution in [0.15, 0.2) is 30.3 Å². The summed E-state index contributed by atoms with van der Waals surface area (Å²) in [6.07, 6.45) is 0. The minimum atomic E-state index is -0.374. The van der Waals surface area contributed by atoms with E-state index in [1.807, 2.05) is 6.92 Å². The molecule has 6 heteroatoms. The van der Waals surface area contributed by atoms with E-state index in [4.69, 9.17) is 39.5 Å². The van der Waals surface area contributed by atoms with Crippen LogP contribution in [0.1, 0.15) is 15.9 Å². The Morgan fingerprint density at radius 2 is 1.86 bits per heavy atom. The average molecular weight is 345 g/mol. The van der Waals surface area contributed by atoms with Crippen LogP contribution in [0.5, 0.6) is 5.75 Å². The molecule has 0 spiro atoms. The highest BCUT2D eigenvalue weighted by molar-refractivity contribution is 6.36. The molecular formula is C15H12Cl3NO2. The molecule has 2 rings (SSSR count). The molecule has 0 saturated carbocycles. The molecule has 1 N–H and O–H groups in total. The second-order valence-corrected chi connectivity index (χ2v) is 5.59. The van der Waals surface area contributed by atoms with Gasteiger partial charge >= 0.3 is 0 Å². The summed E-state index contributed by atoms with van der Waals surface area (Å²) < 4.78 is 5.17. The summed E-state index contributed by atoms with van der Waals surface area (Å²) in [5.41, 5.74) is 1.65. The maximum atomic E-state index is 12.4. The number of hydrogen-bond acceptors (Lipinski definition) is 2. The minimum absolute atomic E-state index is 0.259. The number of rotatable bonds is 3. The fourth-order valence-electron chi connectivity index (χ4n) is 1.87. The van der Waals surface area contributed by atoms with Crippen molar-refractivity contribution in [3.05, 3.63) is 56.5 Å². The summed E-state index contributed by atoms with van der Waals surface area (Å²) in [5.74, 6) is -0.0973. The second-order valence-electron chi connectivity index (χ2n) is 4.33. The Morgan fingerprint density at radius 1 is 1.14 bits per heavy atom. The molecule has 0 aliphatic carbocycles. The lowest BCUT2D eigenvalue weighted by Gasteiger charge is -2.13. The van der Waals surface area contributed by atoms with Gasteiger partial charge in [0.1, 0.15) is 5.75 Å². The molecule has 0 heterocycles. The van der Waals surface area contributed by atoms with E-state index in [0.717, 1.165) is 5.56 Å². The minimum Gasteiger partial charge on any atom is -0.494 e. The molecule has 0 fully saturated rings. The van der Waals surface area contributed by atoms with Crippen LogP contribution in [-0.4, -0.2) is 13.0 Å². The van der Waals surface area contributed by atoms with Gasteiger partial charge in [-0.1, -0.05) is 40.9 Å². The smallest absolute Gasteiger partial charge is 0.259 e. The third-order valence-corrected chi connectivity index (χ3v) is 3.88. The van der Waals surface area contributed by atoms with Gasteiger partial charge in [0.05, 0.1) is 17.7 Å². The van der Waals surface area contributed by atoms with Crippen LogP contribution < -0.4 is 10.1 Å². The lowest BCUT2D eigenvalue weighted by atomic mass is 10.1. The fraction of sp³-hybridized carbons (Fsp3) is 0.133. The van der Waals surface area contributed by atoms with E-state index in [0.29, 0.717) is 15.7 Å². The van der Waals surface area contributed by atoms with E-state index in [9.17, 15) is 4.79 Å². The number of nitrogens with one attached hydrogen (secondary N) is 1. The first kappa shape index (κ1) is 16.0. The zero-order chi connectivity index (χ0) is 15.6. The van der Waals surface area contributed by atoms with E-state index in [2.05, 4.69) is 5.32 Å². The Bertz CT molecular complexity index is 702. The third-order valence-electron chi connectivity index (χ3n) is 2.97. The Labute approximate surface area is 137 Å². The van der Waals surface area contributed by atoms with Gasteiger partial charge in [-0.05, 0) is 36.8 Å². The summed E-state index contributed by atoms with van der Waals surface area (Å²) in [7, 11) is 1.44. The Kier molecular flexibility index (Phi) is 4.99. The maximum absolute atomic E-state index is 12.4. The van der Waals surface area contributed by atoms with E-state index in [1.54, 1.807) is 18.2 Å². The van der Waals surface area contributed by atoms with Crippen LogP contribution in [0, 0.1) is 6.92 Å². The van der Waals surface area contributed by atoms with Crippen molar-refractivity contribution in [2.75, 3.05) is 12.4 Å². The number of benzene rings is 2. The lowest BCUT2D eigenvalue weighted by Crippen LogP contribution is -2.14. The van der Waals surface area contributed by atoms with Crippen LogP contribution in [0.25, 0.3) is 0 Å². The Morgan fingerprint density at radius 3 is 2.52 bits per heavy atom. The van der Waals surface area contributed by atoms with Crippen molar-refractivity contribution >= 4 is 46.4 Å². The number of ether oxygens (including phenoxy) is 1. The number of anilines is 1. The Hall–Kier alpha value is -1.42. The Balaban J connectivity index is 2.39. The van der Waals surface area contributed by atoms with Gasteiger partial charge in [-0.3, -0.25) is 4.79 Å². The molecule has 1 amide bonds. The molecule has 0 unspecified atom stereocenters. The van der Waals surface area contributed by atoms with Crippen LogP contribution in [0.3, 0.4) is 0 Å². The van der Waals surface area contributed by atoms with Crippen LogP contribution in [0.2, 0.25) is 15.1 Å². The highest BCUT2D eigenvalue weighted by Gasteiger charge is 2.17. The second kappa shape index (κ2) is 6.56. The van der Waals surface area contributed by atoms with Crippen molar-refractivity contribution in [1.29, 1.82) is 0 Å². The van der Waals surface area contributed by atoms with E-state index >= 15 is 0 Å². The molecule has 0 aliphatic heterocycles. The first-order valence-electron chi connectivity index (χ1n) is 6.03. The van der Waals surface area contributed by atoms with Gasteiger partial charge in [0.2, 0.25) is 0 Å². The topological polar surface area (TPSA) is 38.3 Å². The molecule has 21 heavy (non-hydrogen) atoms. The zero-order valence-electron chi connectivity index (χ0n) is 11.3. The average Bonchev–Trinajstić information content (AvgIpc) is 2.43. The molecule has 0 atom stereocenters. The molecule has 0 bridgehead atoms. The summed E-state index contributed by atoms with van der Waals surface area (Å²) in [6.45, 7) is 1.82. The quantitative estimate of drug-likeness (QED) is 0.829. The molecule has 110 valence electrons. The van der Waals surface area contributed by atoms with Gasteiger partial charge in [-0.15, -0.1) is 0 Å². The number of hydrogen-bond donors (Lipinski definition) is 1. The van der Waals surface area contributed by atoms with Crippen LogP contribution in [-0.2, 0) is 0 Å². The summed E-state index contributed by atoms with van der Waals surface area (Å²) >= 11 is 18.0. The van der Waals surface area contributed by atoms with Crippen molar-refractivity contribution in [3.8, 4) is 5.75 Å². The lowest BCUT2D eigenvalue weighted by molar-refractivity contribution is 0.102. The molecule has 2 aromatic rings. The highest BCUT2D eigenvalue weighted by Crippen LogP contribution is 2.33. The SMILES string of the molecule is COc1c(Cl)cc(Cl)cc1C(=O)Nc1cccc(Cl)c1C. The first-order valence-corrected chi connectivity index (χ1v) is 7.17. The number of carbonyl (C=O) groups excluding carboxylic acids is 1. The van der Waals surface area contributed by atoms with Crippen LogP contribution in [0.4, 0.5) is 5.69 Å². The highest BCUT2D eigenvalue weighted by atomic mass is 35.5. The number of amides is 1. The zero-order valence-corrected chi connectivity index (χ0v) is 13.6. The molecule has 0 saturated heterocycles. The monoisotopic (exact) mass is 343 g/mol. The van der Waals surface area contributed by atoms with E-state index < -0.39 is 0 Å². The van der Waals surface area contributed by atoms with Gasteiger partial charge in [0, 0.05) is 15.7 Å². The molecular weight excluding hydrogens is 333 g/mol. The summed E-state index contributed by atoms with van der Waals surface area (Å²) in [4.78, 5) is 12.4. The summed E-state index contributed by atoms with van der Waals surface area (Å²) in [5, 5.41) is 3.98. The van der Waals surface area contributed by atoms with Gasteiger partial charge in [-0.25, -0.2) is 0 Å². The fourth-order valence-corrected chi connectivity index (χ4v) is 2.61. The van der Waals surface area contributed by atoms with Crippen molar-refractivity contribution < 1.29 is 9.53 Å². The van der Waals surface area contributed by atoms with Gasteiger partial charge < -0.3 is 10.1 Å². The number of halogens is 3. The van der Waals surface area contributed by atoms with E-state index in [1.165, 1.54) is 19.2 Å². The molecule has 3 nitrogen and oxygen atoms in total. The van der Waals surface area contributed by atoms with Crippen molar-refractivity contribution in [1.82, 2.24) is 0 Å². The summed E-state index contributed by atoms with van der Waals surface area (Å²) in [6, 6.07) is 8.29. The normalized spacial score (nSPS) is 10.3. The third kappa shape index (κ3) is 3.43. The predicted octanol–water partition coefficient (Wildman–Crippen LogP) is 5.22. The molecule has 0 aliphatic rings. The van der Waals surface area contributed by atoms with Gasteiger partial charge in [-0.2, -0.15) is 0 Å². The van der Waals surface area contributed by atoms with Crippen LogP contribution >= 0.6 is 34.8 Å². The van der Waals surface area contributed by atoms with E-state index in [-0.39, 0.29) is 22.2 Å². The molecule has 0 aromatic heterocycles. The number of methoxy groups -OCH3 is 1. The molecule has 2 aromatic carbocycles. The molecule has 0 radical (unpaired) electrons. The van der Waals surface area contributed by atoms with Crippen molar-refractivity contribution in [3.63, 3.8) is 0 Å². The van der Waals surface area contributed by atoms with Crippen molar-refractivity contribution in [2.24, 2.45) is 0 Å². The van der Waals surface area contributed by atoms with Crippen molar-refractivity contribution in [2.45, 2.75) is 6.92 Å². The number of carbonyl (C=O) groups is 1. The largest absolute Gasteiger partial charge is 0.494 e. The maximum Gasteiger partial charge on any atom is 0.259 e. The van der Waals surface area contributed by atoms with Gasteiger partial charge in [0.15, 0.2) is 0 Å². The standard InChI is InChI=1S/C15H12Cl3NO2/c1-8-11(17)4-3-5-13(8)19-15(20)10-6-9(16)7-12(18)14(10)21-2/h3-7H,1-2H3,(H,19,20). The first-order chi connectivity index (χ1) is 9.93. The predicted molar refractivity (Wildman–Crippen MR) is 87.2 cm³/mol. The van der Waals surface area contributed by atoms with Gasteiger partial charge in [0.25, 0.3) is 5.91 Å².